The van der Waals surface area contributed by atoms with Crippen molar-refractivity contribution < 1.29 is 0 Å². The lowest BCUT2D eigenvalue weighted by atomic mass is 9.61. The second-order valence-corrected chi connectivity index (χ2v) is 17.5. The van der Waals surface area contributed by atoms with Gasteiger partial charge < -0.3 is 0 Å². The van der Waals surface area contributed by atoms with Crippen LogP contribution in [0.1, 0.15) is 45.2 Å². The molecule has 0 N–H and O–H groups in total. The summed E-state index contributed by atoms with van der Waals surface area (Å²) in [6.07, 6.45) is 7.40. The minimum atomic E-state index is 0.0329. The fourth-order valence-corrected chi connectivity index (χ4v) is 10.2. The normalized spacial score (nSPS) is 14.2. The van der Waals surface area contributed by atoms with Crippen LogP contribution in [-0.4, -0.2) is 29.9 Å². The van der Waals surface area contributed by atoms with E-state index in [4.69, 9.17) is 19.9 Å². The standard InChI is InChI=1S/C62H40N6/c1-3-13-39(14-4-1)55-35-57(43-19-9-17-41(31-43)47-21-11-29-63-37-47)67-61(65-55)45-25-27-51-53(33-45)59-49-23-7-8-24-50(49)60(51)54-34-46(26-28-52(54)59)62-66-56(40-15-5-2-6-16-40)36-58(68-62)44-20-10-18-42(32-44)48-22-12-30-64-38-48/h1-38,59-60H. The van der Waals surface area contributed by atoms with Gasteiger partial charge in [-0.05, 0) is 93.0 Å². The first-order valence-electron chi connectivity index (χ1n) is 23.0. The maximum absolute atomic E-state index is 5.31. The molecule has 0 fully saturated rings. The van der Waals surface area contributed by atoms with Gasteiger partial charge in [0.1, 0.15) is 0 Å². The van der Waals surface area contributed by atoms with Crippen molar-refractivity contribution in [2.45, 2.75) is 11.8 Å². The molecule has 3 aliphatic rings. The van der Waals surface area contributed by atoms with Crippen molar-refractivity contribution in [1.82, 2.24) is 29.9 Å². The molecule has 6 nitrogen and oxygen atoms in total. The Morgan fingerprint density at radius 3 is 1.03 bits per heavy atom. The summed E-state index contributed by atoms with van der Waals surface area (Å²) in [7, 11) is 0. The lowest BCUT2D eigenvalue weighted by Gasteiger charge is -2.42. The third-order valence-corrected chi connectivity index (χ3v) is 13.4. The Bertz CT molecular complexity index is 3440. The molecular weight excluding hydrogens is 829 g/mol. The van der Waals surface area contributed by atoms with Gasteiger partial charge in [-0.1, -0.05) is 158 Å². The summed E-state index contributed by atoms with van der Waals surface area (Å²) in [6, 6.07) is 72.8. The summed E-state index contributed by atoms with van der Waals surface area (Å²) in [5, 5.41) is 0. The molecule has 2 bridgehead atoms. The number of pyridine rings is 2. The van der Waals surface area contributed by atoms with Crippen molar-refractivity contribution in [3.63, 3.8) is 0 Å². The molecule has 14 rings (SSSR count). The summed E-state index contributed by atoms with van der Waals surface area (Å²) >= 11 is 0. The van der Waals surface area contributed by atoms with Gasteiger partial charge in [-0.2, -0.15) is 0 Å². The number of rotatable bonds is 8. The van der Waals surface area contributed by atoms with Gasteiger partial charge in [0, 0.05) is 81.1 Å². The van der Waals surface area contributed by atoms with Gasteiger partial charge in [0.25, 0.3) is 0 Å². The summed E-state index contributed by atoms with van der Waals surface area (Å²) in [6.45, 7) is 0. The molecule has 68 heavy (non-hydrogen) atoms. The van der Waals surface area contributed by atoms with E-state index >= 15 is 0 Å². The van der Waals surface area contributed by atoms with Gasteiger partial charge in [-0.15, -0.1) is 0 Å². The molecule has 11 aromatic rings. The zero-order chi connectivity index (χ0) is 45.0. The van der Waals surface area contributed by atoms with Crippen LogP contribution in [0, 0.1) is 0 Å². The van der Waals surface area contributed by atoms with Crippen molar-refractivity contribution in [1.29, 1.82) is 0 Å². The zero-order valence-corrected chi connectivity index (χ0v) is 36.8. The van der Waals surface area contributed by atoms with E-state index in [1.807, 2.05) is 36.7 Å². The third-order valence-electron chi connectivity index (χ3n) is 13.4. The smallest absolute Gasteiger partial charge is 0.160 e. The summed E-state index contributed by atoms with van der Waals surface area (Å²) < 4.78 is 0. The Hall–Kier alpha value is -9.00. The van der Waals surface area contributed by atoms with Gasteiger partial charge in [-0.3, -0.25) is 9.97 Å². The maximum Gasteiger partial charge on any atom is 0.160 e. The van der Waals surface area contributed by atoms with Gasteiger partial charge in [0.2, 0.25) is 0 Å². The number of benzene rings is 7. The molecule has 2 unspecified atom stereocenters. The zero-order valence-electron chi connectivity index (χ0n) is 36.8. The lowest BCUT2D eigenvalue weighted by Crippen LogP contribution is -2.27. The minimum Gasteiger partial charge on any atom is -0.264 e. The maximum atomic E-state index is 5.31. The first-order chi connectivity index (χ1) is 33.7. The fraction of sp³-hybridized carbons (Fsp3) is 0.0323. The monoisotopic (exact) mass is 868 g/mol. The van der Waals surface area contributed by atoms with Crippen molar-refractivity contribution in [2.24, 2.45) is 0 Å². The average Bonchev–Trinajstić information content (AvgIpc) is 3.43. The van der Waals surface area contributed by atoms with Crippen LogP contribution in [0.15, 0.2) is 231 Å². The highest BCUT2D eigenvalue weighted by molar-refractivity contribution is 5.80. The number of hydrogen-bond donors (Lipinski definition) is 0. The Morgan fingerprint density at radius 1 is 0.235 bits per heavy atom. The van der Waals surface area contributed by atoms with Gasteiger partial charge in [0.05, 0.1) is 22.8 Å². The van der Waals surface area contributed by atoms with Crippen LogP contribution in [0.2, 0.25) is 0 Å². The van der Waals surface area contributed by atoms with E-state index in [0.717, 1.165) is 78.4 Å². The molecule has 0 saturated heterocycles. The predicted octanol–water partition coefficient (Wildman–Crippen LogP) is 14.4. The fourth-order valence-electron chi connectivity index (χ4n) is 10.2. The Labute approximate surface area is 394 Å². The van der Waals surface area contributed by atoms with E-state index in [1.165, 1.54) is 33.4 Å². The van der Waals surface area contributed by atoms with Gasteiger partial charge in [-0.25, -0.2) is 19.9 Å². The highest BCUT2D eigenvalue weighted by atomic mass is 14.9. The number of aromatic nitrogens is 6. The molecule has 4 aromatic heterocycles. The van der Waals surface area contributed by atoms with Crippen molar-refractivity contribution >= 4 is 0 Å². The molecule has 0 saturated carbocycles. The molecule has 0 aliphatic heterocycles. The van der Waals surface area contributed by atoms with E-state index < -0.39 is 0 Å². The second kappa shape index (κ2) is 16.5. The van der Waals surface area contributed by atoms with E-state index in [1.54, 1.807) is 12.4 Å². The van der Waals surface area contributed by atoms with E-state index in [0.29, 0.717) is 11.6 Å². The molecule has 0 amide bonds. The van der Waals surface area contributed by atoms with E-state index in [2.05, 4.69) is 192 Å². The number of hydrogen-bond acceptors (Lipinski definition) is 6. The average molecular weight is 869 g/mol. The molecule has 2 atom stereocenters. The van der Waals surface area contributed by atoms with Crippen molar-refractivity contribution in [2.75, 3.05) is 0 Å². The van der Waals surface area contributed by atoms with Crippen LogP contribution in [0.25, 0.3) is 90.1 Å². The predicted molar refractivity (Wildman–Crippen MR) is 271 cm³/mol. The Kier molecular flexibility index (Phi) is 9.53. The van der Waals surface area contributed by atoms with Gasteiger partial charge in [0.15, 0.2) is 11.6 Å². The van der Waals surface area contributed by atoms with Crippen LogP contribution in [-0.2, 0) is 0 Å². The molecule has 4 heterocycles. The van der Waals surface area contributed by atoms with Crippen LogP contribution >= 0.6 is 0 Å². The highest BCUT2D eigenvalue weighted by Crippen LogP contribution is 2.56. The molecule has 3 aliphatic carbocycles. The van der Waals surface area contributed by atoms with Crippen LogP contribution < -0.4 is 0 Å². The van der Waals surface area contributed by atoms with E-state index in [9.17, 15) is 0 Å². The topological polar surface area (TPSA) is 77.3 Å². The molecule has 0 spiro atoms. The van der Waals surface area contributed by atoms with Crippen LogP contribution in [0.3, 0.4) is 0 Å². The largest absolute Gasteiger partial charge is 0.264 e. The summed E-state index contributed by atoms with van der Waals surface area (Å²) in [5.74, 6) is 1.45. The molecule has 7 aromatic carbocycles. The molecule has 6 heteroatoms. The lowest BCUT2D eigenvalue weighted by molar-refractivity contribution is 0.754. The summed E-state index contributed by atoms with van der Waals surface area (Å²) in [5.41, 5.74) is 21.7. The summed E-state index contributed by atoms with van der Waals surface area (Å²) in [4.78, 5) is 29.9. The van der Waals surface area contributed by atoms with Crippen LogP contribution in [0.4, 0.5) is 0 Å². The quantitative estimate of drug-likeness (QED) is 0.151. The first kappa shape index (κ1) is 39.4. The van der Waals surface area contributed by atoms with Crippen molar-refractivity contribution in [3.8, 4) is 90.1 Å². The number of nitrogens with zero attached hydrogens (tertiary/aromatic N) is 6. The first-order valence-corrected chi connectivity index (χ1v) is 23.0. The SMILES string of the molecule is c1ccc(-c2cc(-c3cccc(-c4cccnc4)c3)nc(-c3ccc4c(c3)C3c5ccccc5C4c4cc(-c5nc(-c6ccccc6)cc(-c6cccc(-c7cccnc7)c6)n5)ccc43)n2)cc1. The molecule has 0 radical (unpaired) electrons. The molecular formula is C62H40N6. The Balaban J connectivity index is 0.922. The van der Waals surface area contributed by atoms with E-state index in [-0.39, 0.29) is 11.8 Å². The molecule has 318 valence electrons. The Morgan fingerprint density at radius 2 is 0.603 bits per heavy atom. The minimum absolute atomic E-state index is 0.0329. The third kappa shape index (κ3) is 6.98. The second-order valence-electron chi connectivity index (χ2n) is 17.5. The highest BCUT2D eigenvalue weighted by Gasteiger charge is 2.41. The van der Waals surface area contributed by atoms with Crippen LogP contribution in [0.5, 0.6) is 0 Å². The van der Waals surface area contributed by atoms with Crippen molar-refractivity contribution in [3.05, 3.63) is 264 Å². The van der Waals surface area contributed by atoms with Gasteiger partial charge >= 0.3 is 0 Å².